The fourth-order valence-corrected chi connectivity index (χ4v) is 3.36. The van der Waals surface area contributed by atoms with Crippen LogP contribution in [-0.2, 0) is 6.54 Å². The zero-order chi connectivity index (χ0) is 14.5. The SMILES string of the molecule is COc1ccccc1Nc1nc(CN2CCCCC2)cs1.Cl.Cl. The van der Waals surface area contributed by atoms with Crippen molar-refractivity contribution in [3.05, 3.63) is 35.3 Å². The first-order valence-corrected chi connectivity index (χ1v) is 8.30. The van der Waals surface area contributed by atoms with E-state index >= 15 is 0 Å². The molecule has 1 aliphatic rings. The molecule has 0 saturated carbocycles. The summed E-state index contributed by atoms with van der Waals surface area (Å²) in [5.41, 5.74) is 2.11. The maximum absolute atomic E-state index is 5.35. The summed E-state index contributed by atoms with van der Waals surface area (Å²) in [6.07, 6.45) is 4.00. The number of ether oxygens (including phenoxy) is 1. The number of aromatic nitrogens is 1. The molecular formula is C16H23Cl2N3OS. The van der Waals surface area contributed by atoms with Gasteiger partial charge < -0.3 is 10.1 Å². The number of rotatable bonds is 5. The van der Waals surface area contributed by atoms with E-state index in [2.05, 4.69) is 20.6 Å². The Labute approximate surface area is 154 Å². The van der Waals surface area contributed by atoms with Crippen molar-refractivity contribution in [1.82, 2.24) is 9.88 Å². The lowest BCUT2D eigenvalue weighted by atomic mass is 10.1. The number of hydrogen-bond donors (Lipinski definition) is 1. The molecule has 0 radical (unpaired) electrons. The van der Waals surface area contributed by atoms with E-state index in [1.807, 2.05) is 24.3 Å². The first-order chi connectivity index (χ1) is 10.3. The quantitative estimate of drug-likeness (QED) is 0.819. The van der Waals surface area contributed by atoms with Crippen LogP contribution < -0.4 is 10.1 Å². The number of halogens is 2. The third kappa shape index (κ3) is 5.53. The summed E-state index contributed by atoms with van der Waals surface area (Å²) < 4.78 is 5.35. The monoisotopic (exact) mass is 375 g/mol. The van der Waals surface area contributed by atoms with Gasteiger partial charge in [-0.1, -0.05) is 18.6 Å². The molecule has 0 unspecified atom stereocenters. The van der Waals surface area contributed by atoms with E-state index in [0.717, 1.165) is 28.8 Å². The third-order valence-electron chi connectivity index (χ3n) is 3.73. The summed E-state index contributed by atoms with van der Waals surface area (Å²) in [5, 5.41) is 6.41. The molecule has 1 fully saturated rings. The number of methoxy groups -OCH3 is 1. The predicted molar refractivity (Wildman–Crippen MR) is 102 cm³/mol. The van der Waals surface area contributed by atoms with Crippen LogP contribution in [0.2, 0.25) is 0 Å². The van der Waals surface area contributed by atoms with E-state index in [0.29, 0.717) is 0 Å². The Hall–Kier alpha value is -1.01. The minimum Gasteiger partial charge on any atom is -0.495 e. The molecule has 0 spiro atoms. The zero-order valence-electron chi connectivity index (χ0n) is 13.2. The summed E-state index contributed by atoms with van der Waals surface area (Å²) in [6.45, 7) is 3.36. The topological polar surface area (TPSA) is 37.4 Å². The van der Waals surface area contributed by atoms with Crippen molar-refractivity contribution < 1.29 is 4.74 Å². The lowest BCUT2D eigenvalue weighted by Gasteiger charge is -2.25. The van der Waals surface area contributed by atoms with Gasteiger partial charge in [-0.3, -0.25) is 4.90 Å². The van der Waals surface area contributed by atoms with Gasteiger partial charge in [0.05, 0.1) is 18.5 Å². The van der Waals surface area contributed by atoms with Crippen molar-refractivity contribution >= 4 is 47.0 Å². The summed E-state index contributed by atoms with van der Waals surface area (Å²) in [6, 6.07) is 7.91. The first kappa shape index (κ1) is 20.0. The van der Waals surface area contributed by atoms with E-state index in [4.69, 9.17) is 4.74 Å². The number of likely N-dealkylation sites (tertiary alicyclic amines) is 1. The van der Waals surface area contributed by atoms with Crippen molar-refractivity contribution in [2.75, 3.05) is 25.5 Å². The molecule has 4 nitrogen and oxygen atoms in total. The summed E-state index contributed by atoms with van der Waals surface area (Å²) in [4.78, 5) is 7.18. The van der Waals surface area contributed by atoms with Crippen LogP contribution in [0.5, 0.6) is 5.75 Å². The van der Waals surface area contributed by atoms with Crippen molar-refractivity contribution in [3.8, 4) is 5.75 Å². The Morgan fingerprint density at radius 1 is 1.17 bits per heavy atom. The maximum atomic E-state index is 5.35. The highest BCUT2D eigenvalue weighted by atomic mass is 35.5. The number of thiazole rings is 1. The highest BCUT2D eigenvalue weighted by molar-refractivity contribution is 7.13. The molecule has 7 heteroatoms. The van der Waals surface area contributed by atoms with Crippen LogP contribution in [0.15, 0.2) is 29.6 Å². The Morgan fingerprint density at radius 2 is 1.91 bits per heavy atom. The van der Waals surface area contributed by atoms with E-state index in [-0.39, 0.29) is 24.8 Å². The Morgan fingerprint density at radius 3 is 2.65 bits per heavy atom. The zero-order valence-corrected chi connectivity index (χ0v) is 15.6. The molecule has 23 heavy (non-hydrogen) atoms. The molecular weight excluding hydrogens is 353 g/mol. The highest BCUT2D eigenvalue weighted by Crippen LogP contribution is 2.28. The Kier molecular flexibility index (Phi) is 8.69. The van der Waals surface area contributed by atoms with E-state index in [1.165, 1.54) is 32.4 Å². The van der Waals surface area contributed by atoms with Gasteiger partial charge in [-0.15, -0.1) is 36.2 Å². The lowest BCUT2D eigenvalue weighted by molar-refractivity contribution is 0.219. The number of hydrogen-bond acceptors (Lipinski definition) is 5. The molecule has 1 aromatic heterocycles. The molecule has 1 aliphatic heterocycles. The second kappa shape index (κ2) is 9.98. The van der Waals surface area contributed by atoms with Crippen molar-refractivity contribution in [3.63, 3.8) is 0 Å². The van der Waals surface area contributed by atoms with E-state index in [1.54, 1.807) is 18.4 Å². The number of para-hydroxylation sites is 2. The van der Waals surface area contributed by atoms with E-state index in [9.17, 15) is 0 Å². The van der Waals surface area contributed by atoms with Gasteiger partial charge in [0.15, 0.2) is 5.13 Å². The Balaban J connectivity index is 0.00000132. The minimum atomic E-state index is 0. The van der Waals surface area contributed by atoms with Gasteiger partial charge in [0.25, 0.3) is 0 Å². The average Bonchev–Trinajstić information content (AvgIpc) is 2.96. The van der Waals surface area contributed by atoms with Gasteiger partial charge in [-0.05, 0) is 38.1 Å². The maximum Gasteiger partial charge on any atom is 0.187 e. The third-order valence-corrected chi connectivity index (χ3v) is 4.54. The van der Waals surface area contributed by atoms with E-state index < -0.39 is 0 Å². The molecule has 0 atom stereocenters. The van der Waals surface area contributed by atoms with Crippen molar-refractivity contribution in [1.29, 1.82) is 0 Å². The number of benzene rings is 1. The fourth-order valence-electron chi connectivity index (χ4n) is 2.65. The number of nitrogens with one attached hydrogen (secondary N) is 1. The number of anilines is 2. The predicted octanol–water partition coefficient (Wildman–Crippen LogP) is 4.72. The molecule has 0 bridgehead atoms. The summed E-state index contributed by atoms with van der Waals surface area (Å²) in [7, 11) is 1.68. The molecule has 1 saturated heterocycles. The van der Waals surface area contributed by atoms with Gasteiger partial charge in [-0.25, -0.2) is 4.98 Å². The lowest BCUT2D eigenvalue weighted by Crippen LogP contribution is -2.29. The smallest absolute Gasteiger partial charge is 0.187 e. The van der Waals surface area contributed by atoms with Crippen LogP contribution in [-0.4, -0.2) is 30.1 Å². The van der Waals surface area contributed by atoms with Gasteiger partial charge in [0.2, 0.25) is 0 Å². The molecule has 2 aromatic rings. The highest BCUT2D eigenvalue weighted by Gasteiger charge is 2.12. The van der Waals surface area contributed by atoms with Gasteiger partial charge >= 0.3 is 0 Å². The summed E-state index contributed by atoms with van der Waals surface area (Å²) in [5.74, 6) is 0.838. The van der Waals surface area contributed by atoms with Crippen LogP contribution in [0, 0.1) is 0 Å². The first-order valence-electron chi connectivity index (χ1n) is 7.42. The molecule has 3 rings (SSSR count). The summed E-state index contributed by atoms with van der Waals surface area (Å²) >= 11 is 1.65. The number of piperidine rings is 1. The fraction of sp³-hybridized carbons (Fsp3) is 0.438. The van der Waals surface area contributed by atoms with Crippen LogP contribution in [0.1, 0.15) is 25.0 Å². The molecule has 1 aromatic carbocycles. The number of nitrogens with zero attached hydrogens (tertiary/aromatic N) is 2. The normalized spacial score (nSPS) is 14.5. The minimum absolute atomic E-state index is 0. The van der Waals surface area contributed by atoms with Crippen molar-refractivity contribution in [2.24, 2.45) is 0 Å². The Bertz CT molecular complexity index is 588. The molecule has 0 aliphatic carbocycles. The van der Waals surface area contributed by atoms with Crippen LogP contribution in [0.4, 0.5) is 10.8 Å². The van der Waals surface area contributed by atoms with Crippen molar-refractivity contribution in [2.45, 2.75) is 25.8 Å². The van der Waals surface area contributed by atoms with Crippen LogP contribution in [0.3, 0.4) is 0 Å². The molecule has 128 valence electrons. The average molecular weight is 376 g/mol. The van der Waals surface area contributed by atoms with Crippen LogP contribution >= 0.6 is 36.2 Å². The molecule has 1 N–H and O–H groups in total. The molecule has 0 amide bonds. The van der Waals surface area contributed by atoms with Gasteiger partial charge in [0.1, 0.15) is 5.75 Å². The van der Waals surface area contributed by atoms with Gasteiger partial charge in [0, 0.05) is 11.9 Å². The van der Waals surface area contributed by atoms with Crippen LogP contribution in [0.25, 0.3) is 0 Å². The second-order valence-corrected chi connectivity index (χ2v) is 6.16. The standard InChI is InChI=1S/C16H21N3OS.2ClH/c1-20-15-8-4-3-7-14(15)18-16-17-13(12-21-16)11-19-9-5-2-6-10-19;;/h3-4,7-8,12H,2,5-6,9-11H2,1H3,(H,17,18);2*1H. The second-order valence-electron chi connectivity index (χ2n) is 5.31. The molecule has 2 heterocycles. The van der Waals surface area contributed by atoms with Gasteiger partial charge in [-0.2, -0.15) is 0 Å². The largest absolute Gasteiger partial charge is 0.495 e.